The summed E-state index contributed by atoms with van der Waals surface area (Å²) in [6.45, 7) is 7.96. The van der Waals surface area contributed by atoms with E-state index in [9.17, 15) is 13.2 Å². The average molecular weight is 724 g/mol. The van der Waals surface area contributed by atoms with E-state index in [-0.39, 0.29) is 35.9 Å². The maximum absolute atomic E-state index is 14.4. The number of hydrogen-bond donors (Lipinski definition) is 2. The molecule has 1 fully saturated rings. The molecule has 3 aromatic carbocycles. The topological polar surface area (TPSA) is 127 Å². The quantitative estimate of drug-likeness (QED) is 0.160. The van der Waals surface area contributed by atoms with Gasteiger partial charge < -0.3 is 34.3 Å². The zero-order chi connectivity index (χ0) is 36.4. The van der Waals surface area contributed by atoms with Gasteiger partial charge in [-0.15, -0.1) is 0 Å². The highest BCUT2D eigenvalue weighted by Gasteiger charge is 2.43. The Morgan fingerprint density at radius 2 is 1.82 bits per heavy atom. The minimum absolute atomic E-state index is 0.0435. The summed E-state index contributed by atoms with van der Waals surface area (Å²) in [5.74, 6) is 0.678. The van der Waals surface area contributed by atoms with Crippen molar-refractivity contribution in [1.82, 2.24) is 9.62 Å². The normalized spacial score (nSPS) is 20.0. The molecule has 1 saturated heterocycles. The van der Waals surface area contributed by atoms with E-state index < -0.39 is 22.1 Å². The number of sulfonamides is 1. The van der Waals surface area contributed by atoms with Crippen LogP contribution >= 0.6 is 0 Å². The monoisotopic (exact) mass is 723 g/mol. The molecule has 3 aromatic rings. The van der Waals surface area contributed by atoms with Crippen LogP contribution in [0.3, 0.4) is 0 Å². The van der Waals surface area contributed by atoms with Crippen molar-refractivity contribution in [3.63, 3.8) is 0 Å². The molecule has 2 heterocycles. The van der Waals surface area contributed by atoms with E-state index in [1.807, 2.05) is 62.4 Å². The van der Waals surface area contributed by atoms with E-state index >= 15 is 0 Å². The van der Waals surface area contributed by atoms with Crippen LogP contribution in [0.25, 0.3) is 0 Å². The summed E-state index contributed by atoms with van der Waals surface area (Å²) in [7, 11) is -0.527. The number of fused-ring (bicyclic) bond motifs is 1. The Morgan fingerprint density at radius 1 is 1.06 bits per heavy atom. The van der Waals surface area contributed by atoms with Crippen LogP contribution in [-0.4, -0.2) is 95.6 Å². The SMILES string of the molecule is COCCCN1CCOc2ccc(CO[C@H]3CN(S(=O)(=O)c4ccc(C)cc4)[C@@H](C[C@@H](C)NCCCC(=O)O)C[C@@H]3c3ccc(OC)cc3)cc21. The lowest BCUT2D eigenvalue weighted by Crippen LogP contribution is -2.53. The fraction of sp³-hybridized carbons (Fsp3) is 0.513. The molecule has 2 aliphatic heterocycles. The largest absolute Gasteiger partial charge is 0.497 e. The number of ether oxygens (including phenoxy) is 4. The molecule has 12 heteroatoms. The second-order valence-electron chi connectivity index (χ2n) is 13.6. The van der Waals surface area contributed by atoms with Gasteiger partial charge in [0.05, 0.1) is 36.9 Å². The zero-order valence-corrected chi connectivity index (χ0v) is 31.1. The Morgan fingerprint density at radius 3 is 2.53 bits per heavy atom. The summed E-state index contributed by atoms with van der Waals surface area (Å²) in [6, 6.07) is 20.7. The Bertz CT molecular complexity index is 1670. The molecule has 0 aromatic heterocycles. The molecule has 11 nitrogen and oxygen atoms in total. The first-order valence-electron chi connectivity index (χ1n) is 17.9. The fourth-order valence-electron chi connectivity index (χ4n) is 7.06. The van der Waals surface area contributed by atoms with Crippen LogP contribution in [0, 0.1) is 6.92 Å². The number of carboxylic acids is 1. The van der Waals surface area contributed by atoms with Crippen molar-refractivity contribution in [1.29, 1.82) is 0 Å². The third-order valence-electron chi connectivity index (χ3n) is 9.82. The molecule has 4 atom stereocenters. The van der Waals surface area contributed by atoms with Gasteiger partial charge in [0.25, 0.3) is 0 Å². The van der Waals surface area contributed by atoms with E-state index in [0.29, 0.717) is 45.6 Å². The number of benzene rings is 3. The fourth-order valence-corrected chi connectivity index (χ4v) is 8.72. The number of piperidine rings is 1. The zero-order valence-electron chi connectivity index (χ0n) is 30.3. The maximum atomic E-state index is 14.4. The minimum atomic E-state index is -3.88. The highest BCUT2D eigenvalue weighted by atomic mass is 32.2. The van der Waals surface area contributed by atoms with Crippen molar-refractivity contribution in [2.45, 2.75) is 81.6 Å². The Balaban J connectivity index is 1.43. The number of aliphatic carboxylic acids is 1. The number of anilines is 1. The van der Waals surface area contributed by atoms with Crippen LogP contribution in [0.2, 0.25) is 0 Å². The third kappa shape index (κ3) is 10.2. The highest BCUT2D eigenvalue weighted by Crippen LogP contribution is 2.40. The molecule has 2 aliphatic rings. The lowest BCUT2D eigenvalue weighted by molar-refractivity contribution is -0.137. The Hall–Kier alpha value is -3.68. The molecule has 0 bridgehead atoms. The van der Waals surface area contributed by atoms with Gasteiger partial charge in [-0.2, -0.15) is 4.31 Å². The van der Waals surface area contributed by atoms with Gasteiger partial charge in [0, 0.05) is 51.2 Å². The van der Waals surface area contributed by atoms with Gasteiger partial charge in [-0.3, -0.25) is 4.79 Å². The summed E-state index contributed by atoms with van der Waals surface area (Å²) in [5, 5.41) is 12.5. The number of aryl methyl sites for hydroxylation is 1. The van der Waals surface area contributed by atoms with Crippen LogP contribution in [0.5, 0.6) is 11.5 Å². The number of nitrogens with one attached hydrogen (secondary N) is 1. The van der Waals surface area contributed by atoms with Crippen LogP contribution in [0.1, 0.15) is 61.6 Å². The third-order valence-corrected chi connectivity index (χ3v) is 11.8. The minimum Gasteiger partial charge on any atom is -0.497 e. The molecule has 51 heavy (non-hydrogen) atoms. The molecule has 0 aliphatic carbocycles. The van der Waals surface area contributed by atoms with Gasteiger partial charge in [-0.25, -0.2) is 8.42 Å². The number of rotatable bonds is 18. The van der Waals surface area contributed by atoms with E-state index in [4.69, 9.17) is 24.1 Å². The number of carboxylic acid groups (broad SMARTS) is 1. The van der Waals surface area contributed by atoms with Crippen molar-refractivity contribution in [2.24, 2.45) is 0 Å². The van der Waals surface area contributed by atoms with Crippen LogP contribution in [-0.2, 0) is 30.9 Å². The van der Waals surface area contributed by atoms with Crippen LogP contribution in [0.4, 0.5) is 5.69 Å². The van der Waals surface area contributed by atoms with Crippen LogP contribution in [0.15, 0.2) is 71.6 Å². The lowest BCUT2D eigenvalue weighted by atomic mass is 9.82. The van der Waals surface area contributed by atoms with E-state index in [1.165, 1.54) is 0 Å². The smallest absolute Gasteiger partial charge is 0.303 e. The van der Waals surface area contributed by atoms with Gasteiger partial charge >= 0.3 is 5.97 Å². The van der Waals surface area contributed by atoms with E-state index in [1.54, 1.807) is 30.7 Å². The number of nitrogens with zero attached hydrogens (tertiary/aromatic N) is 2. The summed E-state index contributed by atoms with van der Waals surface area (Å²) >= 11 is 0. The molecule has 5 rings (SSSR count). The van der Waals surface area contributed by atoms with Gasteiger partial charge in [0.15, 0.2) is 0 Å². The summed E-state index contributed by atoms with van der Waals surface area (Å²) in [5.41, 5.74) is 4.06. The standard InChI is InChI=1S/C39H53N3O8S/c1-28-8-15-34(16-9-28)51(45,46)42-26-38(50-27-30-10-17-37-36(24-30)41(20-22-49-37)19-6-21-47-3)35(31-11-13-33(48-4)14-12-31)25-32(42)23-29(2)40-18-5-7-39(43)44/h8-17,24,29,32,35,38,40H,5-7,18-23,25-27H2,1-4H3,(H,43,44)/t29-,32+,35-,38+/m1/s1. The summed E-state index contributed by atoms with van der Waals surface area (Å²) in [4.78, 5) is 13.6. The first kappa shape index (κ1) is 38.5. The first-order valence-corrected chi connectivity index (χ1v) is 19.3. The van der Waals surface area contributed by atoms with Gasteiger partial charge in [0.2, 0.25) is 10.0 Å². The Kier molecular flexibility index (Phi) is 13.7. The molecule has 0 amide bonds. The van der Waals surface area contributed by atoms with Gasteiger partial charge in [-0.05, 0) is 93.6 Å². The maximum Gasteiger partial charge on any atom is 0.303 e. The molecule has 0 radical (unpaired) electrons. The predicted molar refractivity (Wildman–Crippen MR) is 197 cm³/mol. The second kappa shape index (κ2) is 18.2. The molecule has 0 saturated carbocycles. The lowest BCUT2D eigenvalue weighted by Gasteiger charge is -2.44. The summed E-state index contributed by atoms with van der Waals surface area (Å²) < 4.78 is 53.9. The number of methoxy groups -OCH3 is 2. The first-order chi connectivity index (χ1) is 24.6. The highest BCUT2D eigenvalue weighted by molar-refractivity contribution is 7.89. The van der Waals surface area contributed by atoms with Gasteiger partial charge in [-0.1, -0.05) is 35.9 Å². The summed E-state index contributed by atoms with van der Waals surface area (Å²) in [6.07, 6.45) is 2.17. The van der Waals surface area contributed by atoms with Crippen molar-refractivity contribution in [3.8, 4) is 11.5 Å². The molecule has 2 N–H and O–H groups in total. The van der Waals surface area contributed by atoms with Crippen molar-refractivity contribution < 1.29 is 37.3 Å². The molecule has 0 unspecified atom stereocenters. The molecule has 0 spiro atoms. The Labute approximate surface area is 302 Å². The number of hydrogen-bond acceptors (Lipinski definition) is 9. The predicted octanol–water partition coefficient (Wildman–Crippen LogP) is 5.60. The van der Waals surface area contributed by atoms with E-state index in [0.717, 1.165) is 53.4 Å². The van der Waals surface area contributed by atoms with Gasteiger partial charge in [0.1, 0.15) is 18.1 Å². The molecular formula is C39H53N3O8S. The number of carbonyl (C=O) groups is 1. The molecular weight excluding hydrogens is 671 g/mol. The van der Waals surface area contributed by atoms with Crippen molar-refractivity contribution in [3.05, 3.63) is 83.4 Å². The van der Waals surface area contributed by atoms with Crippen molar-refractivity contribution in [2.75, 3.05) is 58.5 Å². The average Bonchev–Trinajstić information content (AvgIpc) is 3.13. The second-order valence-corrected chi connectivity index (χ2v) is 15.5. The molecule has 278 valence electrons. The van der Waals surface area contributed by atoms with Crippen LogP contribution < -0.4 is 19.7 Å². The van der Waals surface area contributed by atoms with Crippen molar-refractivity contribution >= 4 is 21.7 Å². The van der Waals surface area contributed by atoms with E-state index in [2.05, 4.69) is 16.3 Å².